The molecule has 0 aromatic rings. The Morgan fingerprint density at radius 1 is 0.310 bits per heavy atom. The van der Waals surface area contributed by atoms with E-state index < -0.39 is 7.26 Å². The van der Waals surface area contributed by atoms with Crippen molar-refractivity contribution < 1.29 is 0 Å². The Morgan fingerprint density at radius 2 is 0.524 bits per heavy atom. The van der Waals surface area contributed by atoms with Crippen LogP contribution in [0, 0.1) is 0 Å². The van der Waals surface area contributed by atoms with Crippen molar-refractivity contribution in [3.05, 3.63) is 0 Å². The Morgan fingerprint density at radius 3 is 0.786 bits per heavy atom. The molecular weight excluding hydrogens is 525 g/mol. The van der Waals surface area contributed by atoms with Crippen molar-refractivity contribution in [2.45, 2.75) is 239 Å². The van der Waals surface area contributed by atoms with Gasteiger partial charge < -0.3 is 0 Å². The Labute approximate surface area is 269 Å². The van der Waals surface area contributed by atoms with Gasteiger partial charge in [-0.05, 0) is 0 Å². The minimum absolute atomic E-state index is 0.562. The van der Waals surface area contributed by atoms with Crippen molar-refractivity contribution in [3.8, 4) is 0 Å². The zero-order valence-corrected chi connectivity index (χ0v) is 31.4. The predicted molar refractivity (Wildman–Crippen MR) is 201 cm³/mol. The van der Waals surface area contributed by atoms with E-state index >= 15 is 0 Å². The molecule has 0 spiro atoms. The molecule has 42 heavy (non-hydrogen) atoms. The van der Waals surface area contributed by atoms with E-state index in [9.17, 15) is 0 Å². The Kier molecular flexibility index (Phi) is 34.6. The molecule has 0 rings (SSSR count). The second-order valence-electron chi connectivity index (χ2n) is 14.6. The van der Waals surface area contributed by atoms with Crippen LogP contribution >= 0.6 is 7.26 Å². The van der Waals surface area contributed by atoms with Crippen molar-refractivity contribution in [1.29, 1.82) is 0 Å². The first kappa shape index (κ1) is 42.4. The summed E-state index contributed by atoms with van der Waals surface area (Å²) in [5, 5.41) is 0. The van der Waals surface area contributed by atoms with Crippen LogP contribution in [0.2, 0.25) is 0 Å². The molecule has 0 heterocycles. The third kappa shape index (κ3) is 26.8. The van der Waals surface area contributed by atoms with E-state index in [-0.39, 0.29) is 0 Å². The van der Waals surface area contributed by atoms with Gasteiger partial charge in [-0.2, -0.15) is 0 Å². The van der Waals surface area contributed by atoms with Crippen molar-refractivity contribution >= 4 is 7.26 Å². The van der Waals surface area contributed by atoms with Gasteiger partial charge in [-0.15, -0.1) is 0 Å². The van der Waals surface area contributed by atoms with E-state index in [1.165, 1.54) is 205 Å². The third-order valence-corrected chi connectivity index (χ3v) is 16.4. The van der Waals surface area contributed by atoms with Crippen LogP contribution in [-0.2, 0) is 0 Å². The number of hydrogen-bond donors (Lipinski definition) is 1. The fraction of sp³-hybridized carbons (Fsp3) is 1.00. The van der Waals surface area contributed by atoms with Crippen molar-refractivity contribution in [2.75, 3.05) is 18.5 Å². The zero-order valence-electron chi connectivity index (χ0n) is 30.4. The molecule has 0 aromatic carbocycles. The molecule has 1 nitrogen and oxygen atoms in total. The van der Waals surface area contributed by atoms with E-state index in [4.69, 9.17) is 5.73 Å². The van der Waals surface area contributed by atoms with Gasteiger partial charge >= 0.3 is 244 Å². The summed E-state index contributed by atoms with van der Waals surface area (Å²) in [6, 6.07) is 0. The number of unbranched alkanes of at least 4 members (excludes halogenated alkanes) is 27. The summed E-state index contributed by atoms with van der Waals surface area (Å²) in [5.41, 5.74) is 7.34. The molecule has 0 saturated carbocycles. The molecule has 0 aromatic heterocycles. The van der Waals surface area contributed by atoms with Gasteiger partial charge in [0, 0.05) is 0 Å². The van der Waals surface area contributed by atoms with Gasteiger partial charge in [0.25, 0.3) is 0 Å². The summed E-state index contributed by atoms with van der Waals surface area (Å²) < 4.78 is 0. The summed E-state index contributed by atoms with van der Waals surface area (Å²) in [5.74, 6) is 0.562. The Hall–Kier alpha value is 0.390. The van der Waals surface area contributed by atoms with Crippen LogP contribution in [0.25, 0.3) is 0 Å². The fourth-order valence-corrected chi connectivity index (χ4v) is 12.9. The van der Waals surface area contributed by atoms with Gasteiger partial charge in [0.1, 0.15) is 0 Å². The minimum atomic E-state index is -1.43. The topological polar surface area (TPSA) is 26.0 Å². The predicted octanol–water partition coefficient (Wildman–Crippen LogP) is 14.6. The number of rotatable bonds is 36. The summed E-state index contributed by atoms with van der Waals surface area (Å²) >= 11 is 0. The molecule has 0 fully saturated rings. The summed E-state index contributed by atoms with van der Waals surface area (Å²) in [4.78, 5) is 0. The van der Waals surface area contributed by atoms with Crippen LogP contribution in [0.5, 0.6) is 0 Å². The second kappa shape index (κ2) is 34.3. The normalized spacial score (nSPS) is 13.2. The maximum absolute atomic E-state index is 7.34. The quantitative estimate of drug-likeness (QED) is 0.0553. The Bertz CT molecular complexity index is 451. The molecule has 0 radical (unpaired) electrons. The zero-order chi connectivity index (χ0) is 30.8. The fourth-order valence-electron chi connectivity index (χ4n) is 7.39. The van der Waals surface area contributed by atoms with Crippen LogP contribution in [0.15, 0.2) is 0 Å². The first-order valence-electron chi connectivity index (χ1n) is 20.4. The van der Waals surface area contributed by atoms with Gasteiger partial charge in [0.05, 0.1) is 0 Å². The van der Waals surface area contributed by atoms with Crippen LogP contribution in [0.1, 0.15) is 233 Å². The van der Waals surface area contributed by atoms with Crippen LogP contribution in [0.4, 0.5) is 0 Å². The molecule has 0 amide bonds. The first-order chi connectivity index (χ1) is 20.7. The molecule has 0 bridgehead atoms. The molecule has 2 heteroatoms. The van der Waals surface area contributed by atoms with Gasteiger partial charge in [0.2, 0.25) is 0 Å². The van der Waals surface area contributed by atoms with Crippen molar-refractivity contribution in [3.63, 3.8) is 0 Å². The molecule has 2 N–H and O–H groups in total. The average Bonchev–Trinajstić information content (AvgIpc) is 3.00. The van der Waals surface area contributed by atoms with Crippen LogP contribution < -0.4 is 5.73 Å². The standard InChI is InChI=1S/C40H86NP/c1-5-9-13-17-21-22-23-24-25-26-27-28-32-36-40(41)42(37-33-29-18-14-10-6-2,38-34-30-19-15-11-7-3)39-35-31-20-16-12-8-4/h40,42H,5-39,41H2,1-4H3. The van der Waals surface area contributed by atoms with Crippen LogP contribution in [0.3, 0.4) is 0 Å². The van der Waals surface area contributed by atoms with Gasteiger partial charge in [-0.3, -0.25) is 0 Å². The van der Waals surface area contributed by atoms with Gasteiger partial charge in [0.15, 0.2) is 0 Å². The van der Waals surface area contributed by atoms with Gasteiger partial charge in [-0.25, -0.2) is 0 Å². The van der Waals surface area contributed by atoms with E-state index in [0.29, 0.717) is 5.78 Å². The SMILES string of the molecule is CCCCCCCCCCCCCCCC(N)[PH](CCCCCCCC)(CCCCCCCC)CCCCCCCC. The summed E-state index contributed by atoms with van der Waals surface area (Å²) in [6.45, 7) is 9.34. The maximum atomic E-state index is 7.34. The molecule has 256 valence electrons. The van der Waals surface area contributed by atoms with E-state index in [1.807, 2.05) is 0 Å². The summed E-state index contributed by atoms with van der Waals surface area (Å²) in [6.07, 6.45) is 50.7. The molecule has 1 unspecified atom stereocenters. The van der Waals surface area contributed by atoms with E-state index in [0.717, 1.165) is 0 Å². The molecular formula is C40H86NP. The first-order valence-corrected chi connectivity index (χ1v) is 23.1. The van der Waals surface area contributed by atoms with E-state index in [1.54, 1.807) is 18.5 Å². The van der Waals surface area contributed by atoms with Gasteiger partial charge in [-0.1, -0.05) is 26.2 Å². The number of nitrogens with two attached hydrogens (primary N) is 1. The Balaban J connectivity index is 4.72. The van der Waals surface area contributed by atoms with Crippen LogP contribution in [-0.4, -0.2) is 24.3 Å². The average molecular weight is 612 g/mol. The molecule has 0 aliphatic heterocycles. The molecule has 0 aliphatic rings. The molecule has 0 aliphatic carbocycles. The monoisotopic (exact) mass is 612 g/mol. The molecule has 0 saturated heterocycles. The molecule has 1 atom stereocenters. The third-order valence-electron chi connectivity index (χ3n) is 10.5. The van der Waals surface area contributed by atoms with Crippen molar-refractivity contribution in [1.82, 2.24) is 0 Å². The van der Waals surface area contributed by atoms with Crippen molar-refractivity contribution in [2.24, 2.45) is 5.73 Å². The van der Waals surface area contributed by atoms with E-state index in [2.05, 4.69) is 27.7 Å². The summed E-state index contributed by atoms with van der Waals surface area (Å²) in [7, 11) is -1.43. The number of hydrogen-bond acceptors (Lipinski definition) is 1. The second-order valence-corrected chi connectivity index (χ2v) is 19.5.